The van der Waals surface area contributed by atoms with E-state index in [1.807, 2.05) is 30.9 Å². The lowest BCUT2D eigenvalue weighted by Crippen LogP contribution is -2.58. The van der Waals surface area contributed by atoms with Gasteiger partial charge in [0.25, 0.3) is 5.91 Å². The summed E-state index contributed by atoms with van der Waals surface area (Å²) in [4.78, 5) is 14.2. The van der Waals surface area contributed by atoms with Crippen LogP contribution in [0.1, 0.15) is 25.0 Å². The molecule has 0 aliphatic carbocycles. The number of benzene rings is 1. The maximum Gasteiger partial charge on any atom is 0.260 e. The van der Waals surface area contributed by atoms with Crippen LogP contribution >= 0.6 is 0 Å². The Kier molecular flexibility index (Phi) is 4.65. The van der Waals surface area contributed by atoms with Gasteiger partial charge in [-0.15, -0.1) is 0 Å². The van der Waals surface area contributed by atoms with E-state index in [-0.39, 0.29) is 18.6 Å². The van der Waals surface area contributed by atoms with Crippen molar-refractivity contribution < 1.29 is 9.53 Å². The molecule has 4 nitrogen and oxygen atoms in total. The van der Waals surface area contributed by atoms with Gasteiger partial charge < -0.3 is 15.0 Å². The number of amides is 1. The Bertz CT molecular complexity index is 487. The van der Waals surface area contributed by atoms with E-state index in [4.69, 9.17) is 4.74 Å². The minimum absolute atomic E-state index is 0.0609. The van der Waals surface area contributed by atoms with E-state index in [1.165, 1.54) is 5.56 Å². The Morgan fingerprint density at radius 2 is 2.15 bits per heavy atom. The van der Waals surface area contributed by atoms with Gasteiger partial charge >= 0.3 is 0 Å². The smallest absolute Gasteiger partial charge is 0.260 e. The number of hydrogen-bond donors (Lipinski definition) is 1. The van der Waals surface area contributed by atoms with Crippen molar-refractivity contribution >= 4 is 5.91 Å². The van der Waals surface area contributed by atoms with Crippen LogP contribution in [-0.4, -0.2) is 42.6 Å². The van der Waals surface area contributed by atoms with Crippen molar-refractivity contribution in [2.75, 3.05) is 19.7 Å². The Labute approximate surface area is 121 Å². The molecule has 0 radical (unpaired) electrons. The summed E-state index contributed by atoms with van der Waals surface area (Å²) in [6.45, 7) is 9.94. The van der Waals surface area contributed by atoms with Crippen LogP contribution in [0.3, 0.4) is 0 Å². The van der Waals surface area contributed by atoms with Crippen molar-refractivity contribution in [3.8, 4) is 5.75 Å². The standard InChI is InChI=1S/C16H24N2O2/c1-11-5-6-15(12(2)9-11)20-10-16(19)18-8-7-17-13(3)14(18)4/h5-6,9,13-14,17H,7-8,10H2,1-4H3. The summed E-state index contributed by atoms with van der Waals surface area (Å²) in [6.07, 6.45) is 0. The molecule has 1 aromatic carbocycles. The SMILES string of the molecule is Cc1ccc(OCC(=O)N2CCNC(C)C2C)c(C)c1. The molecule has 0 spiro atoms. The number of piperazine rings is 1. The monoisotopic (exact) mass is 276 g/mol. The molecule has 0 aromatic heterocycles. The quantitative estimate of drug-likeness (QED) is 0.916. The van der Waals surface area contributed by atoms with Gasteiger partial charge in [-0.2, -0.15) is 0 Å². The lowest BCUT2D eigenvalue weighted by molar-refractivity contribution is -0.137. The normalized spacial score (nSPS) is 22.7. The minimum atomic E-state index is 0.0609. The average molecular weight is 276 g/mol. The van der Waals surface area contributed by atoms with Gasteiger partial charge in [0.15, 0.2) is 6.61 Å². The van der Waals surface area contributed by atoms with Gasteiger partial charge in [0.2, 0.25) is 0 Å². The highest BCUT2D eigenvalue weighted by Crippen LogP contribution is 2.19. The van der Waals surface area contributed by atoms with Crippen LogP contribution in [0.5, 0.6) is 5.75 Å². The molecule has 20 heavy (non-hydrogen) atoms. The molecular weight excluding hydrogens is 252 g/mol. The maximum atomic E-state index is 12.3. The lowest BCUT2D eigenvalue weighted by Gasteiger charge is -2.38. The predicted molar refractivity (Wildman–Crippen MR) is 80.1 cm³/mol. The maximum absolute atomic E-state index is 12.3. The Hall–Kier alpha value is -1.55. The summed E-state index contributed by atoms with van der Waals surface area (Å²) in [5.74, 6) is 0.852. The van der Waals surface area contributed by atoms with Gasteiger partial charge in [-0.1, -0.05) is 17.7 Å². The molecule has 1 aliphatic rings. The molecule has 2 rings (SSSR count). The van der Waals surface area contributed by atoms with Gasteiger partial charge in [-0.3, -0.25) is 4.79 Å². The number of hydrogen-bond acceptors (Lipinski definition) is 3. The van der Waals surface area contributed by atoms with E-state index in [0.29, 0.717) is 6.04 Å². The second-order valence-electron chi connectivity index (χ2n) is 5.63. The van der Waals surface area contributed by atoms with Crippen LogP contribution < -0.4 is 10.1 Å². The number of nitrogens with one attached hydrogen (secondary N) is 1. The number of carbonyl (C=O) groups excluding carboxylic acids is 1. The first-order chi connectivity index (χ1) is 9.49. The zero-order chi connectivity index (χ0) is 14.7. The summed E-state index contributed by atoms with van der Waals surface area (Å²) < 4.78 is 5.68. The van der Waals surface area contributed by atoms with E-state index in [9.17, 15) is 4.79 Å². The third kappa shape index (κ3) is 3.31. The van der Waals surface area contributed by atoms with Crippen molar-refractivity contribution in [3.63, 3.8) is 0 Å². The van der Waals surface area contributed by atoms with E-state index in [0.717, 1.165) is 24.4 Å². The second-order valence-corrected chi connectivity index (χ2v) is 5.63. The van der Waals surface area contributed by atoms with Crippen LogP contribution in [0.2, 0.25) is 0 Å². The first-order valence-corrected chi connectivity index (χ1v) is 7.22. The summed E-state index contributed by atoms with van der Waals surface area (Å²) >= 11 is 0. The minimum Gasteiger partial charge on any atom is -0.484 e. The molecule has 0 bridgehead atoms. The molecule has 1 heterocycles. The molecule has 2 unspecified atom stereocenters. The number of carbonyl (C=O) groups is 1. The second kappa shape index (κ2) is 6.27. The van der Waals surface area contributed by atoms with Crippen molar-refractivity contribution in [1.82, 2.24) is 10.2 Å². The fraction of sp³-hybridized carbons (Fsp3) is 0.562. The van der Waals surface area contributed by atoms with Gasteiger partial charge in [-0.25, -0.2) is 0 Å². The number of rotatable bonds is 3. The van der Waals surface area contributed by atoms with Crippen LogP contribution in [-0.2, 0) is 4.79 Å². The zero-order valence-electron chi connectivity index (χ0n) is 12.8. The Morgan fingerprint density at radius 1 is 1.40 bits per heavy atom. The van der Waals surface area contributed by atoms with Crippen molar-refractivity contribution in [3.05, 3.63) is 29.3 Å². The zero-order valence-corrected chi connectivity index (χ0v) is 12.8. The van der Waals surface area contributed by atoms with Crippen LogP contribution in [0, 0.1) is 13.8 Å². The third-order valence-electron chi connectivity index (χ3n) is 4.04. The molecule has 1 amide bonds. The Balaban J connectivity index is 1.94. The summed E-state index contributed by atoms with van der Waals surface area (Å²) in [5.41, 5.74) is 2.27. The van der Waals surface area contributed by atoms with E-state index >= 15 is 0 Å². The van der Waals surface area contributed by atoms with Crippen molar-refractivity contribution in [2.24, 2.45) is 0 Å². The van der Waals surface area contributed by atoms with Gasteiger partial charge in [0.1, 0.15) is 5.75 Å². The lowest BCUT2D eigenvalue weighted by atomic mass is 10.1. The summed E-state index contributed by atoms with van der Waals surface area (Å²) in [7, 11) is 0. The summed E-state index contributed by atoms with van der Waals surface area (Å²) in [5, 5.41) is 3.37. The molecule has 1 fully saturated rings. The number of ether oxygens (including phenoxy) is 1. The predicted octanol–water partition coefficient (Wildman–Crippen LogP) is 1.89. The fourth-order valence-electron chi connectivity index (χ4n) is 2.59. The number of aryl methyl sites for hydroxylation is 2. The highest BCUT2D eigenvalue weighted by Gasteiger charge is 2.28. The van der Waals surface area contributed by atoms with Crippen molar-refractivity contribution in [2.45, 2.75) is 39.8 Å². The third-order valence-corrected chi connectivity index (χ3v) is 4.04. The van der Waals surface area contributed by atoms with E-state index in [1.54, 1.807) is 0 Å². The molecule has 1 saturated heterocycles. The average Bonchev–Trinajstić information content (AvgIpc) is 2.40. The fourth-order valence-corrected chi connectivity index (χ4v) is 2.59. The highest BCUT2D eigenvalue weighted by molar-refractivity contribution is 5.78. The van der Waals surface area contributed by atoms with Crippen LogP contribution in [0.25, 0.3) is 0 Å². The first-order valence-electron chi connectivity index (χ1n) is 7.22. The summed E-state index contributed by atoms with van der Waals surface area (Å²) in [6, 6.07) is 6.53. The Morgan fingerprint density at radius 3 is 2.85 bits per heavy atom. The molecular formula is C16H24N2O2. The first kappa shape index (κ1) is 14.9. The molecule has 110 valence electrons. The van der Waals surface area contributed by atoms with E-state index < -0.39 is 0 Å². The molecule has 2 atom stereocenters. The largest absolute Gasteiger partial charge is 0.484 e. The van der Waals surface area contributed by atoms with Crippen LogP contribution in [0.4, 0.5) is 0 Å². The molecule has 1 aromatic rings. The van der Waals surface area contributed by atoms with Gasteiger partial charge in [0, 0.05) is 25.2 Å². The van der Waals surface area contributed by atoms with Gasteiger partial charge in [0.05, 0.1) is 0 Å². The van der Waals surface area contributed by atoms with Gasteiger partial charge in [-0.05, 0) is 39.3 Å². The molecule has 0 saturated carbocycles. The van der Waals surface area contributed by atoms with Crippen molar-refractivity contribution in [1.29, 1.82) is 0 Å². The molecule has 1 N–H and O–H groups in total. The van der Waals surface area contributed by atoms with E-state index in [2.05, 4.69) is 25.2 Å². The highest BCUT2D eigenvalue weighted by atomic mass is 16.5. The molecule has 4 heteroatoms. The number of nitrogens with zero attached hydrogens (tertiary/aromatic N) is 1. The topological polar surface area (TPSA) is 41.6 Å². The van der Waals surface area contributed by atoms with Crippen LogP contribution in [0.15, 0.2) is 18.2 Å². The molecule has 1 aliphatic heterocycles.